The number of aromatic amines is 1. The number of aryl methyl sites for hydroxylation is 2. The maximum absolute atomic E-state index is 6.06. The van der Waals surface area contributed by atoms with Crippen LogP contribution in [0.1, 0.15) is 28.8 Å². The number of aromatic nitrogens is 1. The van der Waals surface area contributed by atoms with Crippen molar-refractivity contribution in [2.24, 2.45) is 0 Å². The Kier molecular flexibility index (Phi) is 7.48. The number of halogens is 3. The van der Waals surface area contributed by atoms with Crippen LogP contribution in [0.15, 0.2) is 39.3 Å². The molecule has 0 saturated carbocycles. The van der Waals surface area contributed by atoms with Crippen molar-refractivity contribution < 1.29 is 4.74 Å². The molecular formula is C22H25Br2ClN2O. The van der Waals surface area contributed by atoms with E-state index in [1.54, 1.807) is 0 Å². The number of hydrogen-bond donors (Lipinski definition) is 2. The minimum Gasteiger partial charge on any atom is -0.491 e. The molecule has 0 atom stereocenters. The molecule has 2 N–H and O–H groups in total. The molecule has 0 bridgehead atoms. The van der Waals surface area contributed by atoms with Crippen molar-refractivity contribution in [3.8, 4) is 5.75 Å². The number of ether oxygens (including phenoxy) is 1. The van der Waals surface area contributed by atoms with Gasteiger partial charge in [-0.3, -0.25) is 0 Å². The smallest absolute Gasteiger partial charge is 0.147 e. The second-order valence-electron chi connectivity index (χ2n) is 7.18. The standard InChI is InChI=1S/C22H24Br2N2O.ClH/c1-14-12-17(23)22(18(24)13-14)27-11-3-5-15-4-2-6-20-21(15)16-7-9-25-10-8-19(16)26-20;/h2,4,6,12-13,25-26H,3,5,7-11H2,1H3;1H. The molecule has 1 aliphatic rings. The molecule has 3 aromatic rings. The first-order chi connectivity index (χ1) is 13.1. The summed E-state index contributed by atoms with van der Waals surface area (Å²) < 4.78 is 8.06. The Bertz CT molecular complexity index is 948. The predicted molar refractivity (Wildman–Crippen MR) is 126 cm³/mol. The lowest BCUT2D eigenvalue weighted by Crippen LogP contribution is -2.16. The molecule has 0 spiro atoms. The van der Waals surface area contributed by atoms with Crippen LogP contribution in [0, 0.1) is 6.92 Å². The van der Waals surface area contributed by atoms with Crippen molar-refractivity contribution in [1.82, 2.24) is 10.3 Å². The zero-order valence-electron chi connectivity index (χ0n) is 15.9. The molecular weight excluding hydrogens is 504 g/mol. The van der Waals surface area contributed by atoms with Gasteiger partial charge in [0.25, 0.3) is 0 Å². The molecule has 0 fully saturated rings. The Morgan fingerprint density at radius 2 is 1.82 bits per heavy atom. The van der Waals surface area contributed by atoms with Gasteiger partial charge in [-0.25, -0.2) is 0 Å². The lowest BCUT2D eigenvalue weighted by Gasteiger charge is -2.12. The van der Waals surface area contributed by atoms with Gasteiger partial charge < -0.3 is 15.0 Å². The summed E-state index contributed by atoms with van der Waals surface area (Å²) in [5.41, 5.74) is 6.83. The monoisotopic (exact) mass is 526 g/mol. The van der Waals surface area contributed by atoms with Gasteiger partial charge in [-0.05, 0) is 99.5 Å². The highest BCUT2D eigenvalue weighted by Crippen LogP contribution is 2.35. The third-order valence-corrected chi connectivity index (χ3v) is 6.36. The van der Waals surface area contributed by atoms with E-state index in [-0.39, 0.29) is 12.4 Å². The van der Waals surface area contributed by atoms with Gasteiger partial charge >= 0.3 is 0 Å². The van der Waals surface area contributed by atoms with Gasteiger partial charge in [-0.1, -0.05) is 12.1 Å². The van der Waals surface area contributed by atoms with E-state index in [0.717, 1.165) is 53.5 Å². The van der Waals surface area contributed by atoms with Crippen LogP contribution >= 0.6 is 44.3 Å². The highest BCUT2D eigenvalue weighted by molar-refractivity contribution is 9.11. The van der Waals surface area contributed by atoms with Gasteiger partial charge in [0.2, 0.25) is 0 Å². The number of hydrogen-bond acceptors (Lipinski definition) is 2. The maximum atomic E-state index is 6.06. The van der Waals surface area contributed by atoms with Gasteiger partial charge in [0.15, 0.2) is 0 Å². The molecule has 2 aromatic carbocycles. The Labute approximate surface area is 189 Å². The Morgan fingerprint density at radius 3 is 2.61 bits per heavy atom. The molecule has 1 aliphatic heterocycles. The summed E-state index contributed by atoms with van der Waals surface area (Å²) in [6.45, 7) is 4.90. The lowest BCUT2D eigenvalue weighted by atomic mass is 9.99. The fourth-order valence-corrected chi connectivity index (χ4v) is 5.60. The first kappa shape index (κ1) is 21.7. The first-order valence-corrected chi connectivity index (χ1v) is 11.1. The van der Waals surface area contributed by atoms with E-state index in [9.17, 15) is 0 Å². The normalized spacial score (nSPS) is 13.7. The topological polar surface area (TPSA) is 37.0 Å². The van der Waals surface area contributed by atoms with Crippen LogP contribution in [0.3, 0.4) is 0 Å². The third kappa shape index (κ3) is 4.59. The van der Waals surface area contributed by atoms with Gasteiger partial charge in [0, 0.05) is 29.6 Å². The predicted octanol–water partition coefficient (Wildman–Crippen LogP) is 6.12. The second kappa shape index (κ2) is 9.66. The number of nitrogens with one attached hydrogen (secondary N) is 2. The SMILES string of the molecule is Cc1cc(Br)c(OCCCc2cccc3[nH]c4c(c23)CCNCC4)c(Br)c1.Cl. The average Bonchev–Trinajstić information content (AvgIpc) is 2.82. The fourth-order valence-electron chi connectivity index (χ4n) is 3.96. The molecule has 4 rings (SSSR count). The zero-order valence-corrected chi connectivity index (χ0v) is 19.9. The minimum atomic E-state index is 0. The lowest BCUT2D eigenvalue weighted by molar-refractivity contribution is 0.307. The molecule has 0 amide bonds. The summed E-state index contributed by atoms with van der Waals surface area (Å²) in [4.78, 5) is 3.65. The Balaban J connectivity index is 0.00000225. The maximum Gasteiger partial charge on any atom is 0.147 e. The molecule has 0 unspecified atom stereocenters. The van der Waals surface area contributed by atoms with Crippen molar-refractivity contribution in [2.75, 3.05) is 19.7 Å². The molecule has 0 saturated heterocycles. The van der Waals surface area contributed by atoms with Gasteiger partial charge in [-0.2, -0.15) is 0 Å². The van der Waals surface area contributed by atoms with E-state index in [2.05, 4.69) is 79.4 Å². The van der Waals surface area contributed by atoms with Crippen LogP contribution in [0.4, 0.5) is 0 Å². The summed E-state index contributed by atoms with van der Waals surface area (Å²) in [7, 11) is 0. The third-order valence-electron chi connectivity index (χ3n) is 5.19. The van der Waals surface area contributed by atoms with Crippen LogP contribution < -0.4 is 10.1 Å². The summed E-state index contributed by atoms with van der Waals surface area (Å²) in [5.74, 6) is 0.889. The average molecular weight is 529 g/mol. The molecule has 3 nitrogen and oxygen atoms in total. The molecule has 1 aromatic heterocycles. The second-order valence-corrected chi connectivity index (χ2v) is 8.89. The van der Waals surface area contributed by atoms with Gasteiger partial charge in [0.1, 0.15) is 5.75 Å². The summed E-state index contributed by atoms with van der Waals surface area (Å²) in [5, 5.41) is 4.94. The fraction of sp³-hybridized carbons (Fsp3) is 0.364. The summed E-state index contributed by atoms with van der Waals surface area (Å²) in [6.07, 6.45) is 4.20. The van der Waals surface area contributed by atoms with Crippen LogP contribution in [0.2, 0.25) is 0 Å². The van der Waals surface area contributed by atoms with E-state index in [4.69, 9.17) is 4.74 Å². The molecule has 0 aliphatic carbocycles. The Morgan fingerprint density at radius 1 is 1.07 bits per heavy atom. The van der Waals surface area contributed by atoms with Crippen LogP contribution in [0.5, 0.6) is 5.75 Å². The molecule has 28 heavy (non-hydrogen) atoms. The quantitative estimate of drug-likeness (QED) is 0.392. The van der Waals surface area contributed by atoms with E-state index < -0.39 is 0 Å². The highest BCUT2D eigenvalue weighted by atomic mass is 79.9. The van der Waals surface area contributed by atoms with Crippen molar-refractivity contribution in [1.29, 1.82) is 0 Å². The van der Waals surface area contributed by atoms with E-state index >= 15 is 0 Å². The Hall–Kier alpha value is -1.01. The van der Waals surface area contributed by atoms with Crippen LogP contribution in [0.25, 0.3) is 10.9 Å². The first-order valence-electron chi connectivity index (χ1n) is 9.54. The van der Waals surface area contributed by atoms with Crippen molar-refractivity contribution >= 4 is 55.2 Å². The van der Waals surface area contributed by atoms with Crippen LogP contribution in [-0.4, -0.2) is 24.7 Å². The minimum absolute atomic E-state index is 0. The number of rotatable bonds is 5. The van der Waals surface area contributed by atoms with Crippen LogP contribution in [-0.2, 0) is 19.3 Å². The van der Waals surface area contributed by atoms with Crippen molar-refractivity contribution in [3.05, 3.63) is 61.7 Å². The number of benzene rings is 2. The largest absolute Gasteiger partial charge is 0.491 e. The van der Waals surface area contributed by atoms with E-state index in [1.807, 2.05) is 0 Å². The van der Waals surface area contributed by atoms with E-state index in [1.165, 1.54) is 33.3 Å². The summed E-state index contributed by atoms with van der Waals surface area (Å²) in [6, 6.07) is 10.8. The zero-order chi connectivity index (χ0) is 18.8. The van der Waals surface area contributed by atoms with Crippen molar-refractivity contribution in [3.63, 3.8) is 0 Å². The highest BCUT2D eigenvalue weighted by Gasteiger charge is 2.16. The molecule has 6 heteroatoms. The number of H-pyrrole nitrogens is 1. The number of fused-ring (bicyclic) bond motifs is 3. The summed E-state index contributed by atoms with van der Waals surface area (Å²) >= 11 is 7.21. The molecule has 0 radical (unpaired) electrons. The van der Waals surface area contributed by atoms with Gasteiger partial charge in [0.05, 0.1) is 15.6 Å². The van der Waals surface area contributed by atoms with Crippen molar-refractivity contribution in [2.45, 2.75) is 32.6 Å². The molecule has 150 valence electrons. The van der Waals surface area contributed by atoms with E-state index in [0.29, 0.717) is 6.61 Å². The molecule has 2 heterocycles. The van der Waals surface area contributed by atoms with Gasteiger partial charge in [-0.15, -0.1) is 12.4 Å².